The molecular weight excluding hydrogens is 675 g/mol. The van der Waals surface area contributed by atoms with Crippen molar-refractivity contribution < 1.29 is 43.3 Å². The van der Waals surface area contributed by atoms with E-state index in [-0.39, 0.29) is 24.8 Å². The molecule has 2 aliphatic rings. The molecule has 1 heterocycles. The molecule has 0 atom stereocenters. The van der Waals surface area contributed by atoms with Crippen LogP contribution < -0.4 is 24.8 Å². The van der Waals surface area contributed by atoms with Gasteiger partial charge in [-0.05, 0) is 25.7 Å². The van der Waals surface area contributed by atoms with E-state index >= 15 is 0 Å². The summed E-state index contributed by atoms with van der Waals surface area (Å²) in [6, 6.07) is 5.28. The molecular formula is C32H48Cl2IrN2. The first kappa shape index (κ1) is 34.2. The molecule has 2 aliphatic carbocycles. The van der Waals surface area contributed by atoms with Crippen LogP contribution in [0, 0.1) is 24.7 Å². The molecule has 37 heavy (non-hydrogen) atoms. The van der Waals surface area contributed by atoms with Crippen LogP contribution in [-0.2, 0) is 18.4 Å². The van der Waals surface area contributed by atoms with Crippen LogP contribution in [0.15, 0.2) is 48.8 Å². The van der Waals surface area contributed by atoms with E-state index in [9.17, 15) is 0 Å². The molecule has 5 heteroatoms. The Kier molecular flexibility index (Phi) is 17.8. The smallest absolute Gasteiger partial charge is 1.00 e. The second-order valence-corrected chi connectivity index (χ2v) is 11.7. The number of nitrogens with zero attached hydrogens (tertiary/aromatic N) is 2. The molecule has 0 amide bonds. The van der Waals surface area contributed by atoms with Gasteiger partial charge in [0.25, 0.3) is 0 Å². The maximum atomic E-state index is 2.57. The molecule has 0 bridgehead atoms. The predicted octanol–water partition coefficient (Wildman–Crippen LogP) is 3.81. The van der Waals surface area contributed by atoms with Gasteiger partial charge in [-0.1, -0.05) is 24.3 Å². The maximum Gasteiger partial charge on any atom is -1.00 e. The first-order chi connectivity index (χ1) is 17.1. The van der Waals surface area contributed by atoms with Crippen LogP contribution in [0.5, 0.6) is 0 Å². The van der Waals surface area contributed by atoms with Crippen LogP contribution in [0.2, 0.25) is 0 Å². The molecule has 1 fully saturated rings. The Labute approximate surface area is 249 Å². The van der Waals surface area contributed by atoms with E-state index in [1.807, 2.05) is 0 Å². The standard InChI is InChI=1S/C24H36N2.C8H12.2ClH.Ir/c1-20-17-21(2)24(22(3)18-20)26-16-15-25(19-26)23-13-11-9-7-5-4-6-8-10-12-14-23;1-2-4-6-8-7-5-3-1;;;/h15-18,23H,4-14H2,1-3H3;1-4H,5-8H2;2*1H;/q;;;;+2/p-2/b;3-1-,4-2-;;;. The van der Waals surface area contributed by atoms with Crippen molar-refractivity contribution in [2.75, 3.05) is 0 Å². The quantitative estimate of drug-likeness (QED) is 0.447. The molecule has 0 unspecified atom stereocenters. The fraction of sp³-hybridized carbons (Fsp3) is 0.594. The van der Waals surface area contributed by atoms with Crippen LogP contribution in [-0.4, -0.2) is 9.13 Å². The van der Waals surface area contributed by atoms with Crippen LogP contribution in [0.4, 0.5) is 0 Å². The van der Waals surface area contributed by atoms with Gasteiger partial charge in [-0.25, -0.2) is 0 Å². The van der Waals surface area contributed by atoms with Gasteiger partial charge in [0.2, 0.25) is 0 Å². The molecule has 1 aromatic carbocycles. The number of hydrogen-bond acceptors (Lipinski definition) is 0. The monoisotopic (exact) mass is 723 g/mol. The SMILES string of the molecule is C1=C\CCCC\C=C/1.Cc1cc(C)c(-n2ccn(C3CCCCCCCCCCC3)[c]2=[Ir+2])c(C)c1.[Cl-].[Cl-]. The van der Waals surface area contributed by atoms with Gasteiger partial charge in [0.15, 0.2) is 0 Å². The zero-order chi connectivity index (χ0) is 24.9. The van der Waals surface area contributed by atoms with Crippen molar-refractivity contribution in [3.8, 4) is 5.69 Å². The number of rotatable bonds is 2. The summed E-state index contributed by atoms with van der Waals surface area (Å²) in [6.07, 6.45) is 34.1. The zero-order valence-corrected chi connectivity index (χ0v) is 27.2. The van der Waals surface area contributed by atoms with Crippen molar-refractivity contribution in [3.05, 3.63) is 69.5 Å². The largest absolute Gasteiger partial charge is 1.00 e. The molecule has 209 valence electrons. The third-order valence-electron chi connectivity index (χ3n) is 7.49. The summed E-state index contributed by atoms with van der Waals surface area (Å²) in [5.74, 6) is 0. The Morgan fingerprint density at radius 2 is 1.11 bits per heavy atom. The number of benzene rings is 1. The van der Waals surface area contributed by atoms with Gasteiger partial charge >= 0.3 is 176 Å². The molecule has 1 saturated carbocycles. The van der Waals surface area contributed by atoms with E-state index in [0.717, 1.165) is 0 Å². The van der Waals surface area contributed by atoms with Crippen LogP contribution >= 0.6 is 0 Å². The third-order valence-corrected chi connectivity index (χ3v) is 8.68. The van der Waals surface area contributed by atoms with Crippen LogP contribution in [0.1, 0.15) is 119 Å². The normalized spacial score (nSPS) is 19.2. The number of aromatic nitrogens is 2. The Morgan fingerprint density at radius 3 is 1.59 bits per heavy atom. The average molecular weight is 724 g/mol. The summed E-state index contributed by atoms with van der Waals surface area (Å²) in [6.45, 7) is 6.68. The van der Waals surface area contributed by atoms with Crippen LogP contribution in [0.25, 0.3) is 5.69 Å². The second-order valence-electron chi connectivity index (χ2n) is 10.6. The van der Waals surface area contributed by atoms with Crippen molar-refractivity contribution in [2.45, 2.75) is 123 Å². The summed E-state index contributed by atoms with van der Waals surface area (Å²) in [4.78, 5) is 0. The second kappa shape index (κ2) is 19.2. The Morgan fingerprint density at radius 1 is 0.649 bits per heavy atom. The molecule has 0 spiro atoms. The number of allylic oxidation sites excluding steroid dienone is 4. The minimum Gasteiger partial charge on any atom is -1.00 e. The summed E-state index contributed by atoms with van der Waals surface area (Å²) < 4.78 is 6.37. The number of imidazole rings is 1. The van der Waals surface area contributed by atoms with E-state index in [2.05, 4.69) is 97.2 Å². The van der Waals surface area contributed by atoms with Gasteiger partial charge < -0.3 is 24.8 Å². The summed E-state index contributed by atoms with van der Waals surface area (Å²) in [7, 11) is 0. The van der Waals surface area contributed by atoms with Crippen molar-refractivity contribution in [3.63, 3.8) is 0 Å². The molecule has 4 rings (SSSR count). The van der Waals surface area contributed by atoms with Gasteiger partial charge in [-0.15, -0.1) is 0 Å². The van der Waals surface area contributed by atoms with E-state index < -0.39 is 0 Å². The first-order valence-corrected chi connectivity index (χ1v) is 15.4. The van der Waals surface area contributed by atoms with Crippen molar-refractivity contribution in [1.82, 2.24) is 9.13 Å². The minimum absolute atomic E-state index is 0. The van der Waals surface area contributed by atoms with Gasteiger partial charge in [0.05, 0.1) is 0 Å². The van der Waals surface area contributed by atoms with Gasteiger partial charge in [0.1, 0.15) is 0 Å². The maximum absolute atomic E-state index is 2.57. The van der Waals surface area contributed by atoms with E-state index in [0.29, 0.717) is 6.04 Å². The first-order valence-electron chi connectivity index (χ1n) is 14.2. The van der Waals surface area contributed by atoms with E-state index in [4.69, 9.17) is 0 Å². The van der Waals surface area contributed by atoms with Crippen molar-refractivity contribution >= 4 is 0 Å². The molecule has 2 nitrogen and oxygen atoms in total. The fourth-order valence-corrected chi connectivity index (χ4v) is 6.71. The summed E-state index contributed by atoms with van der Waals surface area (Å²) >= 11 is 2.30. The third kappa shape index (κ3) is 11.4. The molecule has 0 N–H and O–H groups in total. The molecule has 2 aromatic rings. The van der Waals surface area contributed by atoms with E-state index in [1.165, 1.54) is 123 Å². The fourth-order valence-electron chi connectivity index (χ4n) is 5.65. The zero-order valence-electron chi connectivity index (χ0n) is 23.3. The van der Waals surface area contributed by atoms with Gasteiger partial charge in [-0.3, -0.25) is 0 Å². The Bertz CT molecular complexity index is 969. The van der Waals surface area contributed by atoms with Crippen molar-refractivity contribution in [1.29, 1.82) is 0 Å². The molecule has 0 radical (unpaired) electrons. The molecule has 0 aliphatic heterocycles. The number of aryl methyl sites for hydroxylation is 3. The van der Waals surface area contributed by atoms with Crippen LogP contribution in [0.3, 0.4) is 0 Å². The predicted molar refractivity (Wildman–Crippen MR) is 148 cm³/mol. The van der Waals surface area contributed by atoms with Gasteiger partial charge in [0, 0.05) is 0 Å². The average Bonchev–Trinajstić information content (AvgIpc) is 3.14. The van der Waals surface area contributed by atoms with E-state index in [1.54, 1.807) is 0 Å². The topological polar surface area (TPSA) is 9.86 Å². The number of halogens is 2. The van der Waals surface area contributed by atoms with Crippen molar-refractivity contribution in [2.24, 2.45) is 0 Å². The van der Waals surface area contributed by atoms with Gasteiger partial charge in [-0.2, -0.15) is 0 Å². The Balaban J connectivity index is 0.000000588. The summed E-state index contributed by atoms with van der Waals surface area (Å²) in [5, 5.41) is 0. The molecule has 0 saturated heterocycles. The molecule has 1 aromatic heterocycles. The summed E-state index contributed by atoms with van der Waals surface area (Å²) in [5.41, 5.74) is 5.46. The minimum atomic E-state index is 0. The Hall–Kier alpha value is -0.861. The number of hydrogen-bond donors (Lipinski definition) is 0.